The van der Waals surface area contributed by atoms with Gasteiger partial charge in [-0.25, -0.2) is 0 Å². The maximum atomic E-state index is 12.1. The molecule has 0 spiro atoms. The molecule has 0 aliphatic carbocycles. The summed E-state index contributed by atoms with van der Waals surface area (Å²) in [6, 6.07) is 7.73. The van der Waals surface area contributed by atoms with Gasteiger partial charge in [-0.1, -0.05) is 26.0 Å². The fourth-order valence-electron chi connectivity index (χ4n) is 2.18. The van der Waals surface area contributed by atoms with E-state index in [1.807, 2.05) is 38.1 Å². The van der Waals surface area contributed by atoms with Gasteiger partial charge in [0, 0.05) is 9.11 Å². The molecule has 4 nitrogen and oxygen atoms in total. The number of carboxylic acids is 1. The van der Waals surface area contributed by atoms with Gasteiger partial charge >= 0.3 is 5.97 Å². The normalized spacial score (nSPS) is 11.2. The number of aliphatic carboxylic acids is 1. The van der Waals surface area contributed by atoms with Crippen molar-refractivity contribution >= 4 is 34.5 Å². The van der Waals surface area contributed by atoms with E-state index in [4.69, 9.17) is 5.11 Å². The molecule has 1 amide bonds. The minimum absolute atomic E-state index is 0.0436. The number of halogens is 1. The van der Waals surface area contributed by atoms with Gasteiger partial charge in [0.1, 0.15) is 0 Å². The van der Waals surface area contributed by atoms with E-state index >= 15 is 0 Å². The first-order valence-electron chi connectivity index (χ1n) is 6.68. The van der Waals surface area contributed by atoms with Crippen LogP contribution in [0.5, 0.6) is 0 Å². The lowest BCUT2D eigenvalue weighted by molar-refractivity contribution is -0.139. The van der Waals surface area contributed by atoms with Crippen LogP contribution in [0, 0.1) is 3.57 Å². The first-order chi connectivity index (χ1) is 9.40. The Morgan fingerprint density at radius 3 is 2.45 bits per heavy atom. The number of carboxylic acid groups (broad SMARTS) is 1. The van der Waals surface area contributed by atoms with Gasteiger partial charge < -0.3 is 10.4 Å². The van der Waals surface area contributed by atoms with Gasteiger partial charge in [0.15, 0.2) is 0 Å². The summed E-state index contributed by atoms with van der Waals surface area (Å²) < 4.78 is 1.08. The molecule has 0 fully saturated rings. The molecule has 1 aromatic rings. The average Bonchev–Trinajstić information content (AvgIpc) is 2.37. The molecule has 0 saturated heterocycles. The lowest BCUT2D eigenvalue weighted by Crippen LogP contribution is -2.49. The van der Waals surface area contributed by atoms with Crippen LogP contribution >= 0.6 is 22.6 Å². The summed E-state index contributed by atoms with van der Waals surface area (Å²) in [6.07, 6.45) is 1.44. The summed E-state index contributed by atoms with van der Waals surface area (Å²) in [7, 11) is 0. The van der Waals surface area contributed by atoms with Crippen molar-refractivity contribution in [3.05, 3.63) is 33.4 Å². The molecule has 0 bridgehead atoms. The van der Waals surface area contributed by atoms with Crippen LogP contribution < -0.4 is 5.32 Å². The lowest BCUT2D eigenvalue weighted by Gasteiger charge is -2.31. The van der Waals surface area contributed by atoms with E-state index in [0.29, 0.717) is 12.8 Å². The Hall–Kier alpha value is -1.11. The standard InChI is InChI=1S/C15H20INO3/c1-3-15(4-2,10-14(19)20)17-13(18)9-11-6-5-7-12(16)8-11/h5-8H,3-4,9-10H2,1-2H3,(H,17,18)(H,19,20). The van der Waals surface area contributed by atoms with Crippen molar-refractivity contribution in [2.24, 2.45) is 0 Å². The number of amides is 1. The van der Waals surface area contributed by atoms with Crippen molar-refractivity contribution in [3.63, 3.8) is 0 Å². The molecule has 1 rings (SSSR count). The fraction of sp³-hybridized carbons (Fsp3) is 0.467. The molecule has 20 heavy (non-hydrogen) atoms. The Bertz CT molecular complexity index is 484. The topological polar surface area (TPSA) is 66.4 Å². The number of carbonyl (C=O) groups is 2. The molecule has 0 saturated carbocycles. The van der Waals surface area contributed by atoms with Crippen molar-refractivity contribution in [3.8, 4) is 0 Å². The zero-order valence-corrected chi connectivity index (χ0v) is 13.9. The van der Waals surface area contributed by atoms with Crippen molar-refractivity contribution in [2.45, 2.75) is 45.1 Å². The highest BCUT2D eigenvalue weighted by Gasteiger charge is 2.30. The molecule has 0 aliphatic rings. The van der Waals surface area contributed by atoms with Gasteiger partial charge in [0.2, 0.25) is 5.91 Å². The molecular weight excluding hydrogens is 369 g/mol. The minimum Gasteiger partial charge on any atom is -0.481 e. The summed E-state index contributed by atoms with van der Waals surface area (Å²) in [6.45, 7) is 3.80. The monoisotopic (exact) mass is 389 g/mol. The van der Waals surface area contributed by atoms with Gasteiger partial charge in [-0.3, -0.25) is 9.59 Å². The van der Waals surface area contributed by atoms with Crippen molar-refractivity contribution in [1.82, 2.24) is 5.32 Å². The maximum absolute atomic E-state index is 12.1. The Kier molecular flexibility index (Phi) is 6.45. The number of benzene rings is 1. The molecular formula is C15H20INO3. The van der Waals surface area contributed by atoms with E-state index in [-0.39, 0.29) is 18.7 Å². The summed E-state index contributed by atoms with van der Waals surface area (Å²) in [5.74, 6) is -1.01. The van der Waals surface area contributed by atoms with E-state index < -0.39 is 11.5 Å². The molecule has 110 valence electrons. The van der Waals surface area contributed by atoms with E-state index in [9.17, 15) is 9.59 Å². The van der Waals surface area contributed by atoms with Crippen LogP contribution in [0.1, 0.15) is 38.7 Å². The summed E-state index contributed by atoms with van der Waals surface area (Å²) in [5.41, 5.74) is 0.288. The van der Waals surface area contributed by atoms with Crippen molar-refractivity contribution in [2.75, 3.05) is 0 Å². The predicted molar refractivity (Wildman–Crippen MR) is 86.6 cm³/mol. The van der Waals surface area contributed by atoms with Crippen LogP contribution in [0.25, 0.3) is 0 Å². The first-order valence-corrected chi connectivity index (χ1v) is 7.76. The van der Waals surface area contributed by atoms with Gasteiger partial charge in [0.05, 0.1) is 12.8 Å². The Morgan fingerprint density at radius 1 is 1.30 bits per heavy atom. The predicted octanol–water partition coefficient (Wildman–Crippen LogP) is 2.98. The van der Waals surface area contributed by atoms with Crippen LogP contribution in [0.4, 0.5) is 0 Å². The summed E-state index contributed by atoms with van der Waals surface area (Å²) in [4.78, 5) is 23.1. The Morgan fingerprint density at radius 2 is 1.95 bits per heavy atom. The molecule has 0 unspecified atom stereocenters. The molecule has 0 heterocycles. The highest BCUT2D eigenvalue weighted by atomic mass is 127. The number of hydrogen-bond donors (Lipinski definition) is 2. The summed E-state index contributed by atoms with van der Waals surface area (Å²) >= 11 is 2.20. The second-order valence-corrected chi connectivity index (χ2v) is 6.16. The lowest BCUT2D eigenvalue weighted by atomic mass is 9.88. The molecule has 0 aromatic heterocycles. The van der Waals surface area contributed by atoms with Crippen LogP contribution in [-0.4, -0.2) is 22.5 Å². The minimum atomic E-state index is -0.886. The average molecular weight is 389 g/mol. The fourth-order valence-corrected chi connectivity index (χ4v) is 2.79. The van der Waals surface area contributed by atoms with Crippen molar-refractivity contribution < 1.29 is 14.7 Å². The Balaban J connectivity index is 2.74. The first kappa shape index (κ1) is 16.9. The molecule has 0 radical (unpaired) electrons. The zero-order chi connectivity index (χ0) is 15.2. The molecule has 5 heteroatoms. The van der Waals surface area contributed by atoms with Gasteiger partial charge in [0.25, 0.3) is 0 Å². The second kappa shape index (κ2) is 7.61. The van der Waals surface area contributed by atoms with Gasteiger partial charge in [-0.2, -0.15) is 0 Å². The largest absolute Gasteiger partial charge is 0.481 e. The number of nitrogens with one attached hydrogen (secondary N) is 1. The SMILES string of the molecule is CCC(CC)(CC(=O)O)NC(=O)Cc1cccc(I)c1. The number of carbonyl (C=O) groups excluding carboxylic acids is 1. The summed E-state index contributed by atoms with van der Waals surface area (Å²) in [5, 5.41) is 11.9. The third-order valence-corrected chi connectivity index (χ3v) is 4.17. The molecule has 1 aromatic carbocycles. The van der Waals surface area contributed by atoms with Crippen LogP contribution in [0.3, 0.4) is 0 Å². The molecule has 2 N–H and O–H groups in total. The third-order valence-electron chi connectivity index (χ3n) is 3.50. The van der Waals surface area contributed by atoms with E-state index in [2.05, 4.69) is 27.9 Å². The molecule has 0 aliphatic heterocycles. The smallest absolute Gasteiger partial charge is 0.305 e. The highest BCUT2D eigenvalue weighted by molar-refractivity contribution is 14.1. The quantitative estimate of drug-likeness (QED) is 0.705. The zero-order valence-electron chi connectivity index (χ0n) is 11.8. The van der Waals surface area contributed by atoms with Crippen LogP contribution in [0.15, 0.2) is 24.3 Å². The van der Waals surface area contributed by atoms with Crippen LogP contribution in [0.2, 0.25) is 0 Å². The van der Waals surface area contributed by atoms with Gasteiger partial charge in [-0.15, -0.1) is 0 Å². The number of hydrogen-bond acceptors (Lipinski definition) is 2. The van der Waals surface area contributed by atoms with Gasteiger partial charge in [-0.05, 0) is 53.1 Å². The number of rotatable bonds is 7. The molecule has 0 atom stereocenters. The maximum Gasteiger partial charge on any atom is 0.305 e. The second-order valence-electron chi connectivity index (χ2n) is 4.91. The van der Waals surface area contributed by atoms with E-state index in [1.54, 1.807) is 0 Å². The Labute approximate surface area is 133 Å². The highest BCUT2D eigenvalue weighted by Crippen LogP contribution is 2.20. The van der Waals surface area contributed by atoms with E-state index in [0.717, 1.165) is 9.13 Å². The van der Waals surface area contributed by atoms with E-state index in [1.165, 1.54) is 0 Å². The third kappa shape index (κ3) is 5.11. The van der Waals surface area contributed by atoms with Crippen LogP contribution in [-0.2, 0) is 16.0 Å². The van der Waals surface area contributed by atoms with Crippen molar-refractivity contribution in [1.29, 1.82) is 0 Å².